The Hall–Kier alpha value is -2.18. The van der Waals surface area contributed by atoms with Gasteiger partial charge in [-0.15, -0.1) is 0 Å². The van der Waals surface area contributed by atoms with Gasteiger partial charge in [-0.25, -0.2) is 0 Å². The number of carbonyl (C=O) groups is 1. The number of rotatable bonds is 2. The zero-order valence-electron chi connectivity index (χ0n) is 12.2. The lowest BCUT2D eigenvalue weighted by Gasteiger charge is -2.08. The summed E-state index contributed by atoms with van der Waals surface area (Å²) >= 11 is 8.54. The van der Waals surface area contributed by atoms with Crippen LogP contribution in [0.4, 0.5) is 5.69 Å². The van der Waals surface area contributed by atoms with Gasteiger partial charge in [-0.3, -0.25) is 10.1 Å². The molecule has 0 bridgehead atoms. The summed E-state index contributed by atoms with van der Waals surface area (Å²) < 4.78 is 6.59. The van der Waals surface area contributed by atoms with E-state index < -0.39 is 0 Å². The average molecular weight is 389 g/mol. The number of amides is 1. The summed E-state index contributed by atoms with van der Waals surface area (Å²) in [6.07, 6.45) is 0. The van der Waals surface area contributed by atoms with Crippen LogP contribution in [0.25, 0.3) is 11.0 Å². The number of hydrogen-bond donors (Lipinski definition) is 2. The molecule has 0 atom stereocenters. The van der Waals surface area contributed by atoms with Crippen molar-refractivity contribution in [2.75, 3.05) is 5.32 Å². The van der Waals surface area contributed by atoms with Crippen molar-refractivity contribution < 1.29 is 9.21 Å². The highest BCUT2D eigenvalue weighted by Crippen LogP contribution is 2.24. The Bertz CT molecular complexity index is 887. The molecule has 0 aliphatic carbocycles. The molecule has 23 heavy (non-hydrogen) atoms. The molecule has 116 valence electrons. The summed E-state index contributed by atoms with van der Waals surface area (Å²) in [5.74, 6) is -0.0977. The van der Waals surface area contributed by atoms with Gasteiger partial charge in [0.05, 0.1) is 0 Å². The van der Waals surface area contributed by atoms with E-state index in [-0.39, 0.29) is 16.8 Å². The number of nitrogens with one attached hydrogen (secondary N) is 2. The van der Waals surface area contributed by atoms with Crippen molar-refractivity contribution in [1.29, 1.82) is 0 Å². The molecule has 2 aromatic carbocycles. The number of thiocarbonyl (C=S) groups is 1. The van der Waals surface area contributed by atoms with Crippen LogP contribution in [0.5, 0.6) is 0 Å². The fourth-order valence-electron chi connectivity index (χ4n) is 2.25. The summed E-state index contributed by atoms with van der Waals surface area (Å²) in [5.41, 5.74) is 2.27. The number of benzene rings is 2. The van der Waals surface area contributed by atoms with Gasteiger partial charge in [-0.05, 0) is 49.5 Å². The zero-order valence-corrected chi connectivity index (χ0v) is 14.6. The van der Waals surface area contributed by atoms with Gasteiger partial charge in [0.2, 0.25) is 0 Å². The standard InChI is InChI=1S/C17H13BrN2O2S/c1-10-13-4-2-3-5-14(13)22-15(10)16(21)20-17(23)19-12-8-6-11(18)7-9-12/h2-9H,1H3,(H2,19,20,21,23). The van der Waals surface area contributed by atoms with Crippen LogP contribution in [0.3, 0.4) is 0 Å². The van der Waals surface area contributed by atoms with Gasteiger partial charge in [-0.2, -0.15) is 0 Å². The maximum absolute atomic E-state index is 12.4. The van der Waals surface area contributed by atoms with Crippen LogP contribution < -0.4 is 10.6 Å². The number of carbonyl (C=O) groups excluding carboxylic acids is 1. The molecule has 0 unspecified atom stereocenters. The van der Waals surface area contributed by atoms with Crippen molar-refractivity contribution in [1.82, 2.24) is 5.32 Å². The monoisotopic (exact) mass is 388 g/mol. The summed E-state index contributed by atoms with van der Waals surface area (Å²) in [6, 6.07) is 15.0. The number of furan rings is 1. The number of hydrogen-bond acceptors (Lipinski definition) is 3. The topological polar surface area (TPSA) is 54.3 Å². The molecule has 0 aliphatic rings. The van der Waals surface area contributed by atoms with Crippen LogP contribution in [0.15, 0.2) is 57.4 Å². The molecular weight excluding hydrogens is 376 g/mol. The summed E-state index contributed by atoms with van der Waals surface area (Å²) in [7, 11) is 0. The molecule has 6 heteroatoms. The SMILES string of the molecule is Cc1c(C(=O)NC(=S)Nc2ccc(Br)cc2)oc2ccccc12. The first-order valence-corrected chi connectivity index (χ1v) is 8.11. The van der Waals surface area contributed by atoms with E-state index in [1.54, 1.807) is 0 Å². The van der Waals surface area contributed by atoms with E-state index in [9.17, 15) is 4.79 Å². The second-order valence-corrected chi connectivity index (χ2v) is 6.29. The van der Waals surface area contributed by atoms with Crippen LogP contribution in [-0.2, 0) is 0 Å². The first-order valence-electron chi connectivity index (χ1n) is 6.90. The first-order chi connectivity index (χ1) is 11.0. The molecule has 0 radical (unpaired) electrons. The van der Waals surface area contributed by atoms with E-state index >= 15 is 0 Å². The molecule has 1 amide bonds. The summed E-state index contributed by atoms with van der Waals surface area (Å²) in [6.45, 7) is 1.85. The van der Waals surface area contributed by atoms with Crippen LogP contribution in [-0.4, -0.2) is 11.0 Å². The molecule has 0 fully saturated rings. The number of para-hydroxylation sites is 1. The third-order valence-corrected chi connectivity index (χ3v) is 4.11. The molecule has 2 N–H and O–H groups in total. The molecule has 3 rings (SSSR count). The molecule has 0 saturated carbocycles. The molecule has 1 heterocycles. The van der Waals surface area contributed by atoms with E-state index in [2.05, 4.69) is 26.6 Å². The highest BCUT2D eigenvalue weighted by Gasteiger charge is 2.18. The van der Waals surface area contributed by atoms with Crippen molar-refractivity contribution >= 4 is 55.8 Å². The predicted octanol–water partition coefficient (Wildman–Crippen LogP) is 4.63. The van der Waals surface area contributed by atoms with Gasteiger partial charge < -0.3 is 9.73 Å². The van der Waals surface area contributed by atoms with Crippen molar-refractivity contribution in [3.05, 3.63) is 64.3 Å². The lowest BCUT2D eigenvalue weighted by atomic mass is 10.1. The second kappa shape index (κ2) is 6.52. The molecule has 1 aromatic heterocycles. The van der Waals surface area contributed by atoms with Gasteiger partial charge in [0.25, 0.3) is 5.91 Å². The number of fused-ring (bicyclic) bond motifs is 1. The molecular formula is C17H13BrN2O2S. The predicted molar refractivity (Wildman–Crippen MR) is 98.8 cm³/mol. The van der Waals surface area contributed by atoms with Crippen LogP contribution >= 0.6 is 28.1 Å². The largest absolute Gasteiger partial charge is 0.451 e. The lowest BCUT2D eigenvalue weighted by molar-refractivity contribution is 0.0952. The summed E-state index contributed by atoms with van der Waals surface area (Å²) in [5, 5.41) is 6.74. The zero-order chi connectivity index (χ0) is 16.4. The molecule has 0 saturated heterocycles. The minimum atomic E-state index is -0.367. The van der Waals surface area contributed by atoms with Gasteiger partial charge >= 0.3 is 0 Å². The van der Waals surface area contributed by atoms with E-state index in [1.807, 2.05) is 55.5 Å². The fourth-order valence-corrected chi connectivity index (χ4v) is 2.72. The Morgan fingerprint density at radius 1 is 1.13 bits per heavy atom. The Balaban J connectivity index is 1.73. The highest BCUT2D eigenvalue weighted by atomic mass is 79.9. The van der Waals surface area contributed by atoms with E-state index in [4.69, 9.17) is 16.6 Å². The van der Waals surface area contributed by atoms with Crippen molar-refractivity contribution in [3.63, 3.8) is 0 Å². The molecule has 4 nitrogen and oxygen atoms in total. The lowest BCUT2D eigenvalue weighted by Crippen LogP contribution is -2.34. The molecule has 0 aliphatic heterocycles. The Kier molecular flexibility index (Phi) is 4.45. The number of aryl methyl sites for hydroxylation is 1. The van der Waals surface area contributed by atoms with E-state index in [0.29, 0.717) is 5.58 Å². The van der Waals surface area contributed by atoms with Crippen molar-refractivity contribution in [2.45, 2.75) is 6.92 Å². The maximum atomic E-state index is 12.4. The van der Waals surface area contributed by atoms with Gasteiger partial charge in [0.1, 0.15) is 5.58 Å². The minimum Gasteiger partial charge on any atom is -0.451 e. The Morgan fingerprint density at radius 3 is 2.52 bits per heavy atom. The van der Waals surface area contributed by atoms with Crippen LogP contribution in [0.1, 0.15) is 16.1 Å². The Labute approximate surface area is 147 Å². The molecule has 0 spiro atoms. The average Bonchev–Trinajstić information content (AvgIpc) is 2.87. The van der Waals surface area contributed by atoms with Crippen molar-refractivity contribution in [3.8, 4) is 0 Å². The Morgan fingerprint density at radius 2 is 1.83 bits per heavy atom. The fraction of sp³-hybridized carbons (Fsp3) is 0.0588. The quantitative estimate of drug-likeness (QED) is 0.628. The number of halogens is 1. The highest BCUT2D eigenvalue weighted by molar-refractivity contribution is 9.10. The third kappa shape index (κ3) is 3.43. The van der Waals surface area contributed by atoms with E-state index in [0.717, 1.165) is 21.1 Å². The van der Waals surface area contributed by atoms with Crippen LogP contribution in [0.2, 0.25) is 0 Å². The van der Waals surface area contributed by atoms with Gasteiger partial charge in [-0.1, -0.05) is 34.1 Å². The van der Waals surface area contributed by atoms with Crippen LogP contribution in [0, 0.1) is 6.92 Å². The second-order valence-electron chi connectivity index (χ2n) is 4.97. The number of anilines is 1. The first kappa shape index (κ1) is 15.7. The normalized spacial score (nSPS) is 10.5. The minimum absolute atomic E-state index is 0.220. The van der Waals surface area contributed by atoms with Crippen molar-refractivity contribution in [2.24, 2.45) is 0 Å². The maximum Gasteiger partial charge on any atom is 0.293 e. The summed E-state index contributed by atoms with van der Waals surface area (Å²) in [4.78, 5) is 12.4. The smallest absolute Gasteiger partial charge is 0.293 e. The van der Waals surface area contributed by atoms with Gasteiger partial charge in [0, 0.05) is 21.1 Å². The third-order valence-electron chi connectivity index (χ3n) is 3.38. The molecule has 3 aromatic rings. The van der Waals surface area contributed by atoms with E-state index in [1.165, 1.54) is 0 Å². The van der Waals surface area contributed by atoms with Gasteiger partial charge in [0.15, 0.2) is 10.9 Å².